The molecule has 6 heteroatoms. The lowest BCUT2D eigenvalue weighted by atomic mass is 10.1. The summed E-state index contributed by atoms with van der Waals surface area (Å²) in [5, 5.41) is 1.09. The van der Waals surface area contributed by atoms with Gasteiger partial charge in [-0.25, -0.2) is 4.98 Å². The van der Waals surface area contributed by atoms with Gasteiger partial charge in [0.05, 0.1) is 42.0 Å². The van der Waals surface area contributed by atoms with Gasteiger partial charge in [0, 0.05) is 31.3 Å². The zero-order valence-electron chi connectivity index (χ0n) is 14.8. The Labute approximate surface area is 152 Å². The Hall–Kier alpha value is -1.63. The van der Waals surface area contributed by atoms with Crippen molar-refractivity contribution in [3.05, 3.63) is 28.9 Å². The molecule has 2 aliphatic rings. The number of morpholine rings is 1. The normalized spacial score (nSPS) is 20.9. The van der Waals surface area contributed by atoms with E-state index in [2.05, 4.69) is 41.9 Å². The molecule has 2 aliphatic heterocycles. The molecule has 0 radical (unpaired) electrons. The maximum atomic E-state index is 6.22. The van der Waals surface area contributed by atoms with E-state index in [1.807, 2.05) is 0 Å². The summed E-state index contributed by atoms with van der Waals surface area (Å²) in [6, 6.07) is 6.54. The van der Waals surface area contributed by atoms with Crippen LogP contribution >= 0.6 is 11.3 Å². The molecular formula is C19H24N2O3S. The monoisotopic (exact) mass is 360 g/mol. The zero-order valence-corrected chi connectivity index (χ0v) is 15.6. The molecule has 0 aliphatic carbocycles. The van der Waals surface area contributed by atoms with Gasteiger partial charge in [0.15, 0.2) is 0 Å². The summed E-state index contributed by atoms with van der Waals surface area (Å²) in [6.45, 7) is 8.97. The Bertz CT molecular complexity index is 734. The average Bonchev–Trinajstić information content (AvgIpc) is 3.24. The van der Waals surface area contributed by atoms with Crippen molar-refractivity contribution < 1.29 is 14.2 Å². The number of aryl methyl sites for hydroxylation is 2. The number of hydrogen-bond donors (Lipinski definition) is 0. The second-order valence-electron chi connectivity index (χ2n) is 6.57. The third kappa shape index (κ3) is 3.81. The molecule has 2 saturated heterocycles. The molecule has 1 atom stereocenters. The molecular weight excluding hydrogens is 336 g/mol. The first-order valence-electron chi connectivity index (χ1n) is 8.85. The van der Waals surface area contributed by atoms with E-state index in [0.29, 0.717) is 6.61 Å². The van der Waals surface area contributed by atoms with Gasteiger partial charge in [-0.15, -0.1) is 11.3 Å². The number of thiazole rings is 1. The molecule has 0 bridgehead atoms. The van der Waals surface area contributed by atoms with Gasteiger partial charge < -0.3 is 19.1 Å². The van der Waals surface area contributed by atoms with Crippen LogP contribution in [0.2, 0.25) is 0 Å². The number of ether oxygens (including phenoxy) is 3. The Kier molecular flexibility index (Phi) is 4.92. The minimum absolute atomic E-state index is 0.150. The van der Waals surface area contributed by atoms with Crippen LogP contribution < -0.4 is 9.64 Å². The largest absolute Gasteiger partial charge is 0.488 e. The number of anilines is 1. The van der Waals surface area contributed by atoms with Crippen molar-refractivity contribution in [2.75, 3.05) is 44.4 Å². The molecule has 0 N–H and O–H groups in total. The average molecular weight is 360 g/mol. The van der Waals surface area contributed by atoms with Crippen LogP contribution in [0.25, 0.3) is 10.4 Å². The predicted octanol–water partition coefficient (Wildman–Crippen LogP) is 3.43. The molecule has 3 heterocycles. The van der Waals surface area contributed by atoms with E-state index in [9.17, 15) is 0 Å². The van der Waals surface area contributed by atoms with Gasteiger partial charge in [0.2, 0.25) is 0 Å². The Morgan fingerprint density at radius 1 is 1.12 bits per heavy atom. The molecule has 0 unspecified atom stereocenters. The van der Waals surface area contributed by atoms with Crippen molar-refractivity contribution in [2.45, 2.75) is 26.4 Å². The van der Waals surface area contributed by atoms with E-state index < -0.39 is 0 Å². The molecule has 1 aromatic heterocycles. The smallest absolute Gasteiger partial charge is 0.124 e. The summed E-state index contributed by atoms with van der Waals surface area (Å²) in [6.07, 6.45) is 1.10. The fourth-order valence-corrected chi connectivity index (χ4v) is 4.29. The molecule has 134 valence electrons. The highest BCUT2D eigenvalue weighted by Gasteiger charge is 2.20. The van der Waals surface area contributed by atoms with Gasteiger partial charge in [0.25, 0.3) is 0 Å². The molecule has 4 rings (SSSR count). The minimum atomic E-state index is 0.150. The van der Waals surface area contributed by atoms with E-state index in [0.717, 1.165) is 55.8 Å². The van der Waals surface area contributed by atoms with Crippen LogP contribution in [0.15, 0.2) is 18.2 Å². The highest BCUT2D eigenvalue weighted by atomic mass is 32.1. The lowest BCUT2D eigenvalue weighted by molar-refractivity contribution is 0.122. The molecule has 25 heavy (non-hydrogen) atoms. The molecule has 0 spiro atoms. The molecule has 2 fully saturated rings. The summed E-state index contributed by atoms with van der Waals surface area (Å²) >= 11 is 1.74. The molecule has 1 aromatic carbocycles. The van der Waals surface area contributed by atoms with Crippen LogP contribution in [0.3, 0.4) is 0 Å². The number of hydrogen-bond acceptors (Lipinski definition) is 6. The summed E-state index contributed by atoms with van der Waals surface area (Å²) in [5.41, 5.74) is 3.46. The van der Waals surface area contributed by atoms with Crippen molar-refractivity contribution >= 4 is 17.0 Å². The summed E-state index contributed by atoms with van der Waals surface area (Å²) in [5.74, 6) is 0.917. The lowest BCUT2D eigenvalue weighted by Crippen LogP contribution is -2.36. The fourth-order valence-electron chi connectivity index (χ4n) is 3.38. The van der Waals surface area contributed by atoms with Gasteiger partial charge in [0.1, 0.15) is 11.9 Å². The van der Waals surface area contributed by atoms with Crippen LogP contribution in [0.4, 0.5) is 5.69 Å². The topological polar surface area (TPSA) is 43.8 Å². The first-order chi connectivity index (χ1) is 12.2. The maximum Gasteiger partial charge on any atom is 0.124 e. The summed E-state index contributed by atoms with van der Waals surface area (Å²) in [4.78, 5) is 8.18. The van der Waals surface area contributed by atoms with Gasteiger partial charge >= 0.3 is 0 Å². The van der Waals surface area contributed by atoms with Crippen molar-refractivity contribution in [3.8, 4) is 16.2 Å². The number of aromatic nitrogens is 1. The Morgan fingerprint density at radius 2 is 1.96 bits per heavy atom. The SMILES string of the molecule is Cc1nc(C)c(-c2cc(O[C@@H]3CCOC3)cc(N3CCOCC3)c2)s1. The number of rotatable bonds is 4. The maximum absolute atomic E-state index is 6.22. The van der Waals surface area contributed by atoms with E-state index in [1.165, 1.54) is 16.1 Å². The molecule has 0 amide bonds. The van der Waals surface area contributed by atoms with Crippen LogP contribution in [0.5, 0.6) is 5.75 Å². The van der Waals surface area contributed by atoms with Gasteiger partial charge in [-0.2, -0.15) is 0 Å². The third-order valence-corrected chi connectivity index (χ3v) is 5.75. The van der Waals surface area contributed by atoms with Crippen LogP contribution in [-0.4, -0.2) is 50.6 Å². The van der Waals surface area contributed by atoms with Crippen LogP contribution in [-0.2, 0) is 9.47 Å². The predicted molar refractivity (Wildman–Crippen MR) is 99.9 cm³/mol. The van der Waals surface area contributed by atoms with Crippen LogP contribution in [0, 0.1) is 13.8 Å². The highest BCUT2D eigenvalue weighted by Crippen LogP contribution is 2.36. The molecule has 0 saturated carbocycles. The third-order valence-electron chi connectivity index (χ3n) is 4.62. The van der Waals surface area contributed by atoms with E-state index >= 15 is 0 Å². The second kappa shape index (κ2) is 7.32. The highest BCUT2D eigenvalue weighted by molar-refractivity contribution is 7.15. The van der Waals surface area contributed by atoms with Crippen molar-refractivity contribution in [1.29, 1.82) is 0 Å². The zero-order chi connectivity index (χ0) is 17.2. The minimum Gasteiger partial charge on any atom is -0.488 e. The molecule has 5 nitrogen and oxygen atoms in total. The van der Waals surface area contributed by atoms with Gasteiger partial charge in [-0.05, 0) is 31.5 Å². The quantitative estimate of drug-likeness (QED) is 0.836. The van der Waals surface area contributed by atoms with E-state index in [1.54, 1.807) is 11.3 Å². The van der Waals surface area contributed by atoms with Gasteiger partial charge in [-0.3, -0.25) is 0 Å². The van der Waals surface area contributed by atoms with Crippen molar-refractivity contribution in [2.24, 2.45) is 0 Å². The Morgan fingerprint density at radius 3 is 2.64 bits per heavy atom. The first-order valence-corrected chi connectivity index (χ1v) is 9.67. The summed E-state index contributed by atoms with van der Waals surface area (Å²) in [7, 11) is 0. The lowest BCUT2D eigenvalue weighted by Gasteiger charge is -2.29. The number of nitrogens with zero attached hydrogens (tertiary/aromatic N) is 2. The summed E-state index contributed by atoms with van der Waals surface area (Å²) < 4.78 is 17.2. The van der Waals surface area contributed by atoms with Crippen LogP contribution in [0.1, 0.15) is 17.1 Å². The second-order valence-corrected chi connectivity index (χ2v) is 7.77. The van der Waals surface area contributed by atoms with E-state index in [-0.39, 0.29) is 6.10 Å². The standard InChI is InChI=1S/C19H24N2O3S/c1-13-19(25-14(2)20-13)15-9-16(21-4-7-22-8-5-21)11-18(10-15)24-17-3-6-23-12-17/h9-11,17H,3-8,12H2,1-2H3/t17-/m1/s1. The van der Waals surface area contributed by atoms with Crippen molar-refractivity contribution in [3.63, 3.8) is 0 Å². The van der Waals surface area contributed by atoms with E-state index in [4.69, 9.17) is 14.2 Å². The first kappa shape index (κ1) is 16.8. The Balaban J connectivity index is 1.69. The molecule has 2 aromatic rings. The van der Waals surface area contributed by atoms with Crippen molar-refractivity contribution in [1.82, 2.24) is 4.98 Å². The number of benzene rings is 1. The van der Waals surface area contributed by atoms with Gasteiger partial charge in [-0.1, -0.05) is 0 Å². The fraction of sp³-hybridized carbons (Fsp3) is 0.526.